The van der Waals surface area contributed by atoms with E-state index < -0.39 is 0 Å². The van der Waals surface area contributed by atoms with Crippen LogP contribution in [0.5, 0.6) is 0 Å². The number of rotatable bonds is 4. The molecular weight excluding hydrogens is 196 g/mol. The predicted octanol–water partition coefficient (Wildman–Crippen LogP) is 2.49. The number of piperazine rings is 1. The van der Waals surface area contributed by atoms with Crippen molar-refractivity contribution in [3.63, 3.8) is 0 Å². The molecule has 16 heavy (non-hydrogen) atoms. The Hall–Kier alpha value is -0.0800. The van der Waals surface area contributed by atoms with Crippen LogP contribution >= 0.6 is 0 Å². The molecule has 0 aromatic rings. The lowest BCUT2D eigenvalue weighted by Gasteiger charge is -2.46. The molecule has 2 nitrogen and oxygen atoms in total. The average Bonchev–Trinajstić information content (AvgIpc) is 3.03. The monoisotopic (exact) mass is 224 g/mol. The molecule has 0 aromatic heterocycles. The van der Waals surface area contributed by atoms with Crippen molar-refractivity contribution in [2.75, 3.05) is 19.6 Å². The van der Waals surface area contributed by atoms with Crippen LogP contribution in [0.25, 0.3) is 0 Å². The maximum Gasteiger partial charge on any atom is 0.0309 e. The van der Waals surface area contributed by atoms with Gasteiger partial charge in [0.05, 0.1) is 0 Å². The second-order valence-corrected chi connectivity index (χ2v) is 6.57. The third-order valence-corrected chi connectivity index (χ3v) is 4.43. The van der Waals surface area contributed by atoms with Gasteiger partial charge in [-0.1, -0.05) is 13.8 Å². The van der Waals surface area contributed by atoms with Crippen LogP contribution in [0.1, 0.15) is 47.0 Å². The van der Waals surface area contributed by atoms with E-state index in [0.29, 0.717) is 11.6 Å². The Kier molecular flexibility index (Phi) is 3.60. The standard InChI is InChI=1S/C14H28N2/c1-11(2)7-8-16-10-14(4,13-5-6-13)15-9-12(16)3/h11-13,15H,5-10H2,1-4H3. The maximum absolute atomic E-state index is 3.78. The van der Waals surface area contributed by atoms with E-state index in [2.05, 4.69) is 37.9 Å². The van der Waals surface area contributed by atoms with Crippen LogP contribution in [0.3, 0.4) is 0 Å². The average molecular weight is 224 g/mol. The second-order valence-electron chi connectivity index (χ2n) is 6.57. The maximum atomic E-state index is 3.78. The van der Waals surface area contributed by atoms with Gasteiger partial charge in [0.25, 0.3) is 0 Å². The van der Waals surface area contributed by atoms with E-state index in [0.717, 1.165) is 11.8 Å². The summed E-state index contributed by atoms with van der Waals surface area (Å²) in [5.41, 5.74) is 0.406. The van der Waals surface area contributed by atoms with Gasteiger partial charge in [-0.3, -0.25) is 4.90 Å². The molecule has 0 radical (unpaired) electrons. The van der Waals surface area contributed by atoms with Gasteiger partial charge in [0, 0.05) is 24.7 Å². The summed E-state index contributed by atoms with van der Waals surface area (Å²) in [6.45, 7) is 13.2. The lowest BCUT2D eigenvalue weighted by atomic mass is 9.91. The van der Waals surface area contributed by atoms with Crippen molar-refractivity contribution in [3.8, 4) is 0 Å². The van der Waals surface area contributed by atoms with E-state index in [9.17, 15) is 0 Å². The summed E-state index contributed by atoms with van der Waals surface area (Å²) in [7, 11) is 0. The highest BCUT2D eigenvalue weighted by Crippen LogP contribution is 2.41. The van der Waals surface area contributed by atoms with Gasteiger partial charge in [0.1, 0.15) is 0 Å². The molecule has 1 aliphatic heterocycles. The topological polar surface area (TPSA) is 15.3 Å². The van der Waals surface area contributed by atoms with Gasteiger partial charge in [0.2, 0.25) is 0 Å². The van der Waals surface area contributed by atoms with Crippen molar-refractivity contribution in [2.45, 2.75) is 58.5 Å². The van der Waals surface area contributed by atoms with Gasteiger partial charge in [-0.15, -0.1) is 0 Å². The Bertz CT molecular complexity index is 235. The highest BCUT2D eigenvalue weighted by molar-refractivity contribution is 5.03. The molecule has 1 N–H and O–H groups in total. The van der Waals surface area contributed by atoms with Crippen LogP contribution < -0.4 is 5.32 Å². The molecule has 2 rings (SSSR count). The number of hydrogen-bond acceptors (Lipinski definition) is 2. The summed E-state index contributed by atoms with van der Waals surface area (Å²) < 4.78 is 0. The molecule has 0 amide bonds. The van der Waals surface area contributed by atoms with Crippen molar-refractivity contribution < 1.29 is 0 Å². The largest absolute Gasteiger partial charge is 0.308 e. The quantitative estimate of drug-likeness (QED) is 0.789. The summed E-state index contributed by atoms with van der Waals surface area (Å²) in [6, 6.07) is 0.713. The first kappa shape index (κ1) is 12.4. The van der Waals surface area contributed by atoms with Gasteiger partial charge in [0.15, 0.2) is 0 Å². The molecule has 1 saturated heterocycles. The molecule has 1 aliphatic carbocycles. The molecular formula is C14H28N2. The first-order valence-electron chi connectivity index (χ1n) is 7.00. The molecule has 0 spiro atoms. The highest BCUT2D eigenvalue weighted by atomic mass is 15.3. The Morgan fingerprint density at radius 2 is 2.06 bits per heavy atom. The minimum atomic E-state index is 0.406. The van der Waals surface area contributed by atoms with Crippen LogP contribution in [-0.2, 0) is 0 Å². The van der Waals surface area contributed by atoms with Crippen molar-refractivity contribution >= 4 is 0 Å². The smallest absolute Gasteiger partial charge is 0.0309 e. The van der Waals surface area contributed by atoms with Crippen molar-refractivity contribution in [3.05, 3.63) is 0 Å². The van der Waals surface area contributed by atoms with Gasteiger partial charge < -0.3 is 5.32 Å². The molecule has 2 aliphatic rings. The summed E-state index contributed by atoms with van der Waals surface area (Å²) in [5.74, 6) is 1.77. The number of nitrogens with one attached hydrogen (secondary N) is 1. The second kappa shape index (κ2) is 4.66. The van der Waals surface area contributed by atoms with Crippen LogP contribution in [0, 0.1) is 11.8 Å². The van der Waals surface area contributed by atoms with Crippen LogP contribution in [0.2, 0.25) is 0 Å². The third kappa shape index (κ3) is 2.78. The molecule has 0 bridgehead atoms. The Morgan fingerprint density at radius 1 is 1.38 bits per heavy atom. The van der Waals surface area contributed by atoms with E-state index in [1.165, 1.54) is 38.9 Å². The van der Waals surface area contributed by atoms with Crippen LogP contribution in [-0.4, -0.2) is 36.1 Å². The zero-order valence-electron chi connectivity index (χ0n) is 11.4. The molecule has 1 saturated carbocycles. The number of hydrogen-bond donors (Lipinski definition) is 1. The summed E-state index contributed by atoms with van der Waals surface area (Å²) in [5, 5.41) is 3.78. The van der Waals surface area contributed by atoms with E-state index in [4.69, 9.17) is 0 Å². The first-order chi connectivity index (χ1) is 7.51. The van der Waals surface area contributed by atoms with Crippen molar-refractivity contribution in [1.29, 1.82) is 0 Å². The molecule has 0 aromatic carbocycles. The Labute approximate surface area is 101 Å². The fourth-order valence-corrected chi connectivity index (χ4v) is 2.86. The van der Waals surface area contributed by atoms with Gasteiger partial charge in [-0.05, 0) is 51.5 Å². The molecule has 2 atom stereocenters. The van der Waals surface area contributed by atoms with E-state index in [1.807, 2.05) is 0 Å². The van der Waals surface area contributed by atoms with Crippen LogP contribution in [0.4, 0.5) is 0 Å². The fraction of sp³-hybridized carbons (Fsp3) is 1.00. The minimum Gasteiger partial charge on any atom is -0.308 e. The SMILES string of the molecule is CC(C)CCN1CC(C)(C2CC2)NCC1C. The lowest BCUT2D eigenvalue weighted by molar-refractivity contribution is 0.0793. The summed E-state index contributed by atoms with van der Waals surface area (Å²) >= 11 is 0. The molecule has 2 fully saturated rings. The van der Waals surface area contributed by atoms with Gasteiger partial charge in [-0.25, -0.2) is 0 Å². The van der Waals surface area contributed by atoms with Gasteiger partial charge >= 0.3 is 0 Å². The molecule has 1 heterocycles. The van der Waals surface area contributed by atoms with Crippen LogP contribution in [0.15, 0.2) is 0 Å². The molecule has 94 valence electrons. The van der Waals surface area contributed by atoms with E-state index >= 15 is 0 Å². The zero-order valence-corrected chi connectivity index (χ0v) is 11.4. The highest BCUT2D eigenvalue weighted by Gasteiger charge is 2.44. The zero-order chi connectivity index (χ0) is 11.8. The van der Waals surface area contributed by atoms with E-state index in [1.54, 1.807) is 0 Å². The molecule has 2 unspecified atom stereocenters. The Morgan fingerprint density at radius 3 is 2.62 bits per heavy atom. The third-order valence-electron chi connectivity index (χ3n) is 4.43. The van der Waals surface area contributed by atoms with Crippen molar-refractivity contribution in [1.82, 2.24) is 10.2 Å². The van der Waals surface area contributed by atoms with E-state index in [-0.39, 0.29) is 0 Å². The fourth-order valence-electron chi connectivity index (χ4n) is 2.86. The lowest BCUT2D eigenvalue weighted by Crippen LogP contribution is -2.63. The summed E-state index contributed by atoms with van der Waals surface area (Å²) in [6.07, 6.45) is 4.22. The first-order valence-corrected chi connectivity index (χ1v) is 7.00. The number of nitrogens with zero attached hydrogens (tertiary/aromatic N) is 1. The van der Waals surface area contributed by atoms with Crippen molar-refractivity contribution in [2.24, 2.45) is 11.8 Å². The Balaban J connectivity index is 1.89. The molecule has 2 heteroatoms. The summed E-state index contributed by atoms with van der Waals surface area (Å²) in [4.78, 5) is 2.70. The van der Waals surface area contributed by atoms with Gasteiger partial charge in [-0.2, -0.15) is 0 Å². The normalized spacial score (nSPS) is 36.9. The minimum absolute atomic E-state index is 0.406. The predicted molar refractivity (Wildman–Crippen MR) is 69.6 cm³/mol.